The average Bonchev–Trinajstić information content (AvgIpc) is 3.49. The monoisotopic (exact) mass is 545 g/mol. The molecule has 3 amide bonds. The number of ether oxygens (including phenoxy) is 1. The molecule has 1 spiro atoms. The van der Waals surface area contributed by atoms with Crippen LogP contribution in [0.5, 0.6) is 5.75 Å². The summed E-state index contributed by atoms with van der Waals surface area (Å²) in [4.78, 5) is 43.2. The summed E-state index contributed by atoms with van der Waals surface area (Å²) >= 11 is 1.71. The molecular weight excluding hydrogens is 502 g/mol. The molecule has 8 nitrogen and oxygen atoms in total. The Morgan fingerprint density at radius 1 is 1.11 bits per heavy atom. The molecule has 3 aliphatic rings. The minimum absolute atomic E-state index is 0.0132. The quantitative estimate of drug-likeness (QED) is 0.307. The number of rotatable bonds is 14. The summed E-state index contributed by atoms with van der Waals surface area (Å²) in [5.41, 5.74) is 0.674. The third kappa shape index (κ3) is 5.41. The number of nitrogens with zero attached hydrogens (tertiary/aromatic N) is 1. The van der Waals surface area contributed by atoms with E-state index in [9.17, 15) is 14.4 Å². The van der Waals surface area contributed by atoms with E-state index in [1.165, 1.54) is 0 Å². The minimum Gasteiger partial charge on any atom is -0.494 e. The van der Waals surface area contributed by atoms with Crippen molar-refractivity contribution >= 4 is 35.2 Å². The van der Waals surface area contributed by atoms with Crippen LogP contribution in [0.2, 0.25) is 0 Å². The number of nitrogens with one attached hydrogen (secondary N) is 2. The molecule has 0 saturated carbocycles. The van der Waals surface area contributed by atoms with Crippen molar-refractivity contribution in [2.45, 2.75) is 81.8 Å². The van der Waals surface area contributed by atoms with Gasteiger partial charge in [0.1, 0.15) is 11.8 Å². The van der Waals surface area contributed by atoms with E-state index in [1.54, 1.807) is 16.7 Å². The predicted molar refractivity (Wildman–Crippen MR) is 150 cm³/mol. The second kappa shape index (κ2) is 12.7. The molecule has 1 aromatic rings. The van der Waals surface area contributed by atoms with Gasteiger partial charge in [-0.2, -0.15) is 0 Å². The van der Waals surface area contributed by atoms with Crippen molar-refractivity contribution in [1.82, 2.24) is 10.2 Å². The van der Waals surface area contributed by atoms with Gasteiger partial charge in [-0.15, -0.1) is 11.8 Å². The van der Waals surface area contributed by atoms with Gasteiger partial charge in [0.15, 0.2) is 0 Å². The van der Waals surface area contributed by atoms with E-state index in [2.05, 4.69) is 24.5 Å². The van der Waals surface area contributed by atoms with Gasteiger partial charge in [-0.1, -0.05) is 33.1 Å². The zero-order valence-electron chi connectivity index (χ0n) is 22.9. The van der Waals surface area contributed by atoms with Crippen molar-refractivity contribution < 1.29 is 24.2 Å². The summed E-state index contributed by atoms with van der Waals surface area (Å²) in [6, 6.07) is 6.73. The zero-order valence-corrected chi connectivity index (χ0v) is 23.7. The van der Waals surface area contributed by atoms with Gasteiger partial charge >= 0.3 is 0 Å². The number of benzene rings is 1. The predicted octanol–water partition coefficient (Wildman–Crippen LogP) is 3.83. The van der Waals surface area contributed by atoms with Crippen LogP contribution >= 0.6 is 11.8 Å². The molecule has 0 aromatic heterocycles. The van der Waals surface area contributed by atoms with Gasteiger partial charge in [0, 0.05) is 30.6 Å². The van der Waals surface area contributed by atoms with Gasteiger partial charge < -0.3 is 25.4 Å². The maximum atomic E-state index is 14.1. The van der Waals surface area contributed by atoms with E-state index < -0.39 is 22.6 Å². The highest BCUT2D eigenvalue weighted by atomic mass is 32.2. The Hall–Kier alpha value is -2.26. The lowest BCUT2D eigenvalue weighted by Gasteiger charge is -2.38. The maximum absolute atomic E-state index is 14.1. The topological polar surface area (TPSA) is 108 Å². The molecule has 38 heavy (non-hydrogen) atoms. The lowest BCUT2D eigenvalue weighted by atomic mass is 9.66. The number of fused-ring (bicyclic) bond motifs is 1. The Balaban J connectivity index is 1.57. The largest absolute Gasteiger partial charge is 0.494 e. The lowest BCUT2D eigenvalue weighted by molar-refractivity contribution is -0.139. The van der Waals surface area contributed by atoms with Crippen molar-refractivity contribution in [3.63, 3.8) is 0 Å². The van der Waals surface area contributed by atoms with Crippen molar-refractivity contribution in [3.8, 4) is 5.75 Å². The molecule has 3 fully saturated rings. The standard InChI is InChI=1S/C29H43N3O5S/c1-4-6-15-30-27(35)25-29-19(3)18-22(38-29)23(24(29)28(36)32(25)16-9-7-8-10-17-33)26(34)31-20-11-13-21(14-12-20)37-5-2/h11-14,19,22-25,33H,4-10,15-18H2,1-3H3,(H,30,35)(H,31,34)/t19?,22-,23+,24+,25?,29?/m1/s1. The van der Waals surface area contributed by atoms with E-state index in [4.69, 9.17) is 9.84 Å². The molecule has 3 aliphatic heterocycles. The molecule has 3 saturated heterocycles. The normalized spacial score (nSPS) is 29.4. The molecule has 0 aliphatic carbocycles. The van der Waals surface area contributed by atoms with Gasteiger partial charge in [0.05, 0.1) is 23.2 Å². The van der Waals surface area contributed by atoms with Crippen LogP contribution in [0.1, 0.15) is 65.7 Å². The maximum Gasteiger partial charge on any atom is 0.244 e. The number of unbranched alkanes of at least 4 members (excludes halogenated alkanes) is 4. The number of carbonyl (C=O) groups excluding carboxylic acids is 3. The number of likely N-dealkylation sites (tertiary alicyclic amines) is 1. The first-order valence-corrected chi connectivity index (χ1v) is 15.2. The SMILES string of the molecule is CCCCNC(=O)C1N(CCCCCCO)C(=O)[C@@H]2[C@@H](C(=O)Nc3ccc(OCC)cc3)[C@H]3CC(C)C12S3. The number of amides is 3. The highest BCUT2D eigenvalue weighted by Crippen LogP contribution is 2.68. The minimum atomic E-state index is -0.593. The first kappa shape index (κ1) is 28.7. The molecule has 2 bridgehead atoms. The first-order chi connectivity index (χ1) is 18.4. The van der Waals surface area contributed by atoms with Crippen LogP contribution in [-0.4, -0.2) is 70.1 Å². The number of carbonyl (C=O) groups is 3. The van der Waals surface area contributed by atoms with Crippen molar-refractivity contribution in [2.75, 3.05) is 31.6 Å². The Kier molecular flexibility index (Phi) is 9.63. The van der Waals surface area contributed by atoms with Crippen LogP contribution in [0.3, 0.4) is 0 Å². The molecule has 1 aromatic carbocycles. The summed E-state index contributed by atoms with van der Waals surface area (Å²) in [5, 5.41) is 15.3. The number of hydrogen-bond donors (Lipinski definition) is 3. The van der Waals surface area contributed by atoms with E-state index in [0.717, 1.165) is 50.7 Å². The summed E-state index contributed by atoms with van der Waals surface area (Å²) in [6.07, 6.45) is 5.98. The third-order valence-electron chi connectivity index (χ3n) is 8.37. The number of aliphatic hydroxyl groups is 1. The van der Waals surface area contributed by atoms with Crippen LogP contribution in [0.25, 0.3) is 0 Å². The Bertz CT molecular complexity index is 989. The summed E-state index contributed by atoms with van der Waals surface area (Å²) in [7, 11) is 0. The highest BCUT2D eigenvalue weighted by Gasteiger charge is 2.75. The fourth-order valence-corrected chi connectivity index (χ4v) is 9.04. The van der Waals surface area contributed by atoms with E-state index in [1.807, 2.05) is 31.2 Å². The molecule has 210 valence electrons. The van der Waals surface area contributed by atoms with Gasteiger partial charge in [-0.25, -0.2) is 0 Å². The second-order valence-corrected chi connectivity index (χ2v) is 12.4. The molecule has 6 atom stereocenters. The van der Waals surface area contributed by atoms with Gasteiger partial charge in [-0.3, -0.25) is 14.4 Å². The van der Waals surface area contributed by atoms with Gasteiger partial charge in [-0.05, 0) is 62.8 Å². The van der Waals surface area contributed by atoms with E-state index in [-0.39, 0.29) is 35.5 Å². The molecule has 3 heterocycles. The van der Waals surface area contributed by atoms with Crippen LogP contribution in [0.15, 0.2) is 24.3 Å². The molecule has 3 unspecified atom stereocenters. The van der Waals surface area contributed by atoms with Crippen LogP contribution in [0.4, 0.5) is 5.69 Å². The van der Waals surface area contributed by atoms with Gasteiger partial charge in [0.25, 0.3) is 0 Å². The lowest BCUT2D eigenvalue weighted by Crippen LogP contribution is -2.56. The molecular formula is C29H43N3O5S. The van der Waals surface area contributed by atoms with Crippen LogP contribution < -0.4 is 15.4 Å². The molecule has 9 heteroatoms. The fraction of sp³-hybridized carbons (Fsp3) is 0.690. The molecule has 0 radical (unpaired) electrons. The van der Waals surface area contributed by atoms with Crippen molar-refractivity contribution in [1.29, 1.82) is 0 Å². The molecule has 3 N–H and O–H groups in total. The molecule has 4 rings (SSSR count). The number of hydrogen-bond acceptors (Lipinski definition) is 6. The number of aliphatic hydroxyl groups excluding tert-OH is 1. The first-order valence-electron chi connectivity index (χ1n) is 14.3. The Labute approximate surface area is 230 Å². The Morgan fingerprint density at radius 3 is 2.53 bits per heavy atom. The van der Waals surface area contributed by atoms with Gasteiger partial charge in [0.2, 0.25) is 17.7 Å². The highest BCUT2D eigenvalue weighted by molar-refractivity contribution is 8.02. The van der Waals surface area contributed by atoms with E-state index in [0.29, 0.717) is 25.4 Å². The van der Waals surface area contributed by atoms with Crippen molar-refractivity contribution in [3.05, 3.63) is 24.3 Å². The number of anilines is 1. The van der Waals surface area contributed by atoms with Crippen molar-refractivity contribution in [2.24, 2.45) is 17.8 Å². The fourth-order valence-electron chi connectivity index (χ4n) is 6.62. The van der Waals surface area contributed by atoms with E-state index >= 15 is 0 Å². The Morgan fingerprint density at radius 2 is 1.84 bits per heavy atom. The van der Waals surface area contributed by atoms with Crippen LogP contribution in [0, 0.1) is 17.8 Å². The zero-order chi connectivity index (χ0) is 27.3. The summed E-state index contributed by atoms with van der Waals surface area (Å²) in [6.45, 7) is 7.98. The third-order valence-corrected chi connectivity index (χ3v) is 10.4. The average molecular weight is 546 g/mol. The smallest absolute Gasteiger partial charge is 0.244 e. The summed E-state index contributed by atoms with van der Waals surface area (Å²) in [5.74, 6) is -0.375. The summed E-state index contributed by atoms with van der Waals surface area (Å²) < 4.78 is 4.91. The van der Waals surface area contributed by atoms with Crippen LogP contribution in [-0.2, 0) is 14.4 Å². The second-order valence-electron chi connectivity index (χ2n) is 10.8. The number of thioether (sulfide) groups is 1.